The van der Waals surface area contributed by atoms with Crippen LogP contribution < -0.4 is 0 Å². The van der Waals surface area contributed by atoms with E-state index in [1.54, 1.807) is 11.3 Å². The van der Waals surface area contributed by atoms with Crippen molar-refractivity contribution in [3.05, 3.63) is 28.2 Å². The zero-order valence-corrected chi connectivity index (χ0v) is 17.2. The maximum absolute atomic E-state index is 13.1. The normalized spacial score (nSPS) is 27.6. The average Bonchev–Trinajstić information content (AvgIpc) is 3.19. The number of aryl methyl sites for hydroxylation is 1. The van der Waals surface area contributed by atoms with E-state index in [9.17, 15) is 9.59 Å². The van der Waals surface area contributed by atoms with E-state index in [0.29, 0.717) is 18.9 Å². The monoisotopic (exact) mass is 387 g/mol. The minimum Gasteiger partial charge on any atom is -0.342 e. The Morgan fingerprint density at radius 1 is 1.26 bits per heavy atom. The van der Waals surface area contributed by atoms with Gasteiger partial charge in [0.1, 0.15) is 0 Å². The lowest BCUT2D eigenvalue weighted by Gasteiger charge is -2.42. The largest absolute Gasteiger partial charge is 0.342 e. The Hall–Kier alpha value is -1.69. The van der Waals surface area contributed by atoms with Gasteiger partial charge in [-0.15, -0.1) is 11.3 Å². The number of carbonyl (C=O) groups is 2. The molecule has 27 heavy (non-hydrogen) atoms. The van der Waals surface area contributed by atoms with Crippen LogP contribution in [-0.4, -0.2) is 46.2 Å². The summed E-state index contributed by atoms with van der Waals surface area (Å²) in [7, 11) is 0. The number of thiazole rings is 1. The average molecular weight is 388 g/mol. The minimum absolute atomic E-state index is 0.0479. The molecular weight excluding hydrogens is 358 g/mol. The third-order valence-corrected chi connectivity index (χ3v) is 7.47. The number of hydrogen-bond donors (Lipinski definition) is 0. The van der Waals surface area contributed by atoms with Gasteiger partial charge in [0.25, 0.3) is 0 Å². The fourth-order valence-electron chi connectivity index (χ4n) is 4.86. The predicted molar refractivity (Wildman–Crippen MR) is 106 cm³/mol. The zero-order chi connectivity index (χ0) is 19.1. The van der Waals surface area contributed by atoms with Crippen LogP contribution in [0.2, 0.25) is 0 Å². The summed E-state index contributed by atoms with van der Waals surface area (Å²) in [5.74, 6) is 0.547. The van der Waals surface area contributed by atoms with Gasteiger partial charge in [0.2, 0.25) is 11.8 Å². The Balaban J connectivity index is 1.36. The van der Waals surface area contributed by atoms with Crippen LogP contribution in [-0.2, 0) is 16.1 Å². The van der Waals surface area contributed by atoms with Crippen molar-refractivity contribution in [1.29, 1.82) is 0 Å². The molecule has 1 aromatic rings. The van der Waals surface area contributed by atoms with Gasteiger partial charge in [0, 0.05) is 36.9 Å². The maximum Gasteiger partial charge on any atom is 0.228 e. The van der Waals surface area contributed by atoms with Gasteiger partial charge >= 0.3 is 0 Å². The maximum atomic E-state index is 13.1. The highest BCUT2D eigenvalue weighted by molar-refractivity contribution is 7.09. The first-order chi connectivity index (χ1) is 12.9. The van der Waals surface area contributed by atoms with Crippen LogP contribution in [0.5, 0.6) is 0 Å². The summed E-state index contributed by atoms with van der Waals surface area (Å²) in [6, 6.07) is 0. The number of allylic oxidation sites excluding steroid dienone is 2. The number of hydrogen-bond acceptors (Lipinski definition) is 4. The van der Waals surface area contributed by atoms with Crippen LogP contribution in [0.15, 0.2) is 17.5 Å². The number of nitrogens with zero attached hydrogens (tertiary/aromatic N) is 3. The first-order valence-electron chi connectivity index (χ1n) is 10.0. The molecule has 0 bridgehead atoms. The van der Waals surface area contributed by atoms with Crippen LogP contribution in [0.3, 0.4) is 0 Å². The number of aromatic nitrogens is 1. The van der Waals surface area contributed by atoms with Crippen molar-refractivity contribution in [2.75, 3.05) is 19.6 Å². The topological polar surface area (TPSA) is 53.5 Å². The van der Waals surface area contributed by atoms with E-state index in [2.05, 4.69) is 29.0 Å². The van der Waals surface area contributed by atoms with E-state index in [-0.39, 0.29) is 16.7 Å². The van der Waals surface area contributed by atoms with Gasteiger partial charge in [0.15, 0.2) is 0 Å². The Morgan fingerprint density at radius 2 is 2.04 bits per heavy atom. The smallest absolute Gasteiger partial charge is 0.228 e. The molecule has 2 aliphatic heterocycles. The third-order valence-electron chi connectivity index (χ3n) is 6.65. The number of carbonyl (C=O) groups excluding carboxylic acids is 2. The summed E-state index contributed by atoms with van der Waals surface area (Å²) >= 11 is 1.63. The van der Waals surface area contributed by atoms with Crippen LogP contribution in [0.25, 0.3) is 0 Å². The second-order valence-electron chi connectivity index (χ2n) is 8.85. The Labute approximate surface area is 165 Å². The lowest BCUT2D eigenvalue weighted by atomic mass is 9.74. The molecule has 4 rings (SSSR count). The second kappa shape index (κ2) is 7.04. The van der Waals surface area contributed by atoms with Gasteiger partial charge in [-0.1, -0.05) is 19.1 Å². The molecule has 0 aromatic carbocycles. The number of rotatable bonds is 3. The summed E-state index contributed by atoms with van der Waals surface area (Å²) < 4.78 is 0. The van der Waals surface area contributed by atoms with E-state index in [1.807, 2.05) is 17.2 Å². The third kappa shape index (κ3) is 3.68. The zero-order valence-electron chi connectivity index (χ0n) is 16.4. The van der Waals surface area contributed by atoms with Crippen molar-refractivity contribution >= 4 is 23.2 Å². The van der Waals surface area contributed by atoms with E-state index in [4.69, 9.17) is 0 Å². The lowest BCUT2D eigenvalue weighted by Crippen LogP contribution is -2.49. The van der Waals surface area contributed by atoms with Crippen molar-refractivity contribution in [2.45, 2.75) is 58.9 Å². The fraction of sp³-hybridized carbons (Fsp3) is 0.667. The van der Waals surface area contributed by atoms with Crippen molar-refractivity contribution in [2.24, 2.45) is 10.8 Å². The molecule has 2 fully saturated rings. The van der Waals surface area contributed by atoms with Crippen LogP contribution >= 0.6 is 11.3 Å². The molecule has 1 unspecified atom stereocenters. The Bertz CT molecular complexity index is 763. The van der Waals surface area contributed by atoms with Gasteiger partial charge in [-0.3, -0.25) is 9.59 Å². The van der Waals surface area contributed by atoms with Crippen molar-refractivity contribution in [3.63, 3.8) is 0 Å². The molecule has 6 heteroatoms. The van der Waals surface area contributed by atoms with Gasteiger partial charge in [-0.25, -0.2) is 4.98 Å². The molecule has 2 saturated heterocycles. The molecule has 3 aliphatic rings. The summed E-state index contributed by atoms with van der Waals surface area (Å²) in [5.41, 5.74) is 0.805. The van der Waals surface area contributed by atoms with Crippen LogP contribution in [0, 0.1) is 17.8 Å². The van der Waals surface area contributed by atoms with Crippen molar-refractivity contribution in [1.82, 2.24) is 14.8 Å². The summed E-state index contributed by atoms with van der Waals surface area (Å²) in [4.78, 5) is 34.2. The van der Waals surface area contributed by atoms with E-state index in [0.717, 1.165) is 62.4 Å². The van der Waals surface area contributed by atoms with E-state index < -0.39 is 0 Å². The van der Waals surface area contributed by atoms with Crippen LogP contribution in [0.1, 0.15) is 56.2 Å². The highest BCUT2D eigenvalue weighted by atomic mass is 32.1. The molecular formula is C21H29N3O2S. The van der Waals surface area contributed by atoms with Crippen molar-refractivity contribution in [3.8, 4) is 0 Å². The van der Waals surface area contributed by atoms with E-state index >= 15 is 0 Å². The van der Waals surface area contributed by atoms with Gasteiger partial charge in [-0.2, -0.15) is 0 Å². The fourth-order valence-corrected chi connectivity index (χ4v) is 5.47. The first kappa shape index (κ1) is 18.7. The highest BCUT2D eigenvalue weighted by Crippen LogP contribution is 2.43. The number of amides is 2. The summed E-state index contributed by atoms with van der Waals surface area (Å²) in [6.45, 7) is 7.11. The minimum atomic E-state index is -0.237. The molecule has 1 spiro atoms. The summed E-state index contributed by atoms with van der Waals surface area (Å²) in [6.07, 6.45) is 9.63. The molecule has 1 atom stereocenters. The molecule has 1 aliphatic carbocycles. The molecule has 0 N–H and O–H groups in total. The second-order valence-corrected chi connectivity index (χ2v) is 9.91. The summed E-state index contributed by atoms with van der Waals surface area (Å²) in [5, 5.41) is 3.10. The Kier molecular flexibility index (Phi) is 4.87. The highest BCUT2D eigenvalue weighted by Gasteiger charge is 2.47. The standard InChI is InChI=1S/C21H29N3O2S/c1-16-22-17(14-27-16)13-24-15-21(12-18(24)25)8-10-23(11-9-21)19(26)20(2)6-4-3-5-7-20/h3-4,14H,5-13,15H2,1-2H3. The molecule has 2 amide bonds. The number of piperidine rings is 1. The first-order valence-corrected chi connectivity index (χ1v) is 10.9. The van der Waals surface area contributed by atoms with Crippen LogP contribution in [0.4, 0.5) is 0 Å². The van der Waals surface area contributed by atoms with Crippen molar-refractivity contribution < 1.29 is 9.59 Å². The molecule has 146 valence electrons. The molecule has 3 heterocycles. The number of likely N-dealkylation sites (tertiary alicyclic amines) is 2. The van der Waals surface area contributed by atoms with Gasteiger partial charge in [-0.05, 0) is 39.0 Å². The molecule has 0 radical (unpaired) electrons. The lowest BCUT2D eigenvalue weighted by molar-refractivity contribution is -0.144. The molecule has 0 saturated carbocycles. The Morgan fingerprint density at radius 3 is 2.67 bits per heavy atom. The van der Waals surface area contributed by atoms with E-state index in [1.165, 1.54) is 0 Å². The molecule has 5 nitrogen and oxygen atoms in total. The van der Waals surface area contributed by atoms with Gasteiger partial charge < -0.3 is 9.80 Å². The van der Waals surface area contributed by atoms with Gasteiger partial charge in [0.05, 0.1) is 22.7 Å². The molecule has 1 aromatic heterocycles. The quantitative estimate of drug-likeness (QED) is 0.746. The predicted octanol–water partition coefficient (Wildman–Crippen LogP) is 3.54. The SMILES string of the molecule is Cc1nc(CN2CC3(CCN(C(=O)C4(C)CC=CCC4)CC3)CC2=O)cs1.